The second-order valence-corrected chi connectivity index (χ2v) is 5.15. The number of benzene rings is 2. The zero-order chi connectivity index (χ0) is 15.1. The number of ether oxygens (including phenoxy) is 2. The molecule has 2 aromatic rings. The van der Waals surface area contributed by atoms with Crippen molar-refractivity contribution in [1.29, 1.82) is 0 Å². The molecule has 0 radical (unpaired) electrons. The molecule has 0 unspecified atom stereocenters. The molecule has 0 saturated heterocycles. The van der Waals surface area contributed by atoms with Crippen LogP contribution < -0.4 is 15.2 Å². The average molecular weight is 285 g/mol. The van der Waals surface area contributed by atoms with Crippen LogP contribution in [0.15, 0.2) is 42.5 Å². The summed E-state index contributed by atoms with van der Waals surface area (Å²) < 4.78 is 11.4. The van der Waals surface area contributed by atoms with Crippen LogP contribution in [0.25, 0.3) is 0 Å². The van der Waals surface area contributed by atoms with Gasteiger partial charge in [-0.2, -0.15) is 0 Å². The van der Waals surface area contributed by atoms with Gasteiger partial charge in [0.1, 0.15) is 24.7 Å². The van der Waals surface area contributed by atoms with E-state index in [1.54, 1.807) is 0 Å². The molecular weight excluding hydrogens is 262 g/mol. The van der Waals surface area contributed by atoms with Gasteiger partial charge in [-0.25, -0.2) is 0 Å². The SMILES string of the molecule is Cc1ccc(OCCOc2ccc(CCN)cc2)c(C)c1. The summed E-state index contributed by atoms with van der Waals surface area (Å²) >= 11 is 0. The van der Waals surface area contributed by atoms with E-state index in [0.29, 0.717) is 19.8 Å². The molecular formula is C18H23NO2. The highest BCUT2D eigenvalue weighted by Gasteiger charge is 2.00. The third-order valence-electron chi connectivity index (χ3n) is 3.30. The minimum atomic E-state index is 0.531. The van der Waals surface area contributed by atoms with E-state index in [4.69, 9.17) is 15.2 Å². The Balaban J connectivity index is 1.76. The van der Waals surface area contributed by atoms with Gasteiger partial charge in [0.15, 0.2) is 0 Å². The summed E-state index contributed by atoms with van der Waals surface area (Å²) in [6, 6.07) is 14.2. The van der Waals surface area contributed by atoms with Crippen molar-refractivity contribution < 1.29 is 9.47 Å². The molecule has 0 aliphatic carbocycles. The first-order valence-corrected chi connectivity index (χ1v) is 7.31. The maximum atomic E-state index is 5.73. The highest BCUT2D eigenvalue weighted by atomic mass is 16.5. The molecule has 0 saturated carbocycles. The van der Waals surface area contributed by atoms with E-state index in [-0.39, 0.29) is 0 Å². The van der Waals surface area contributed by atoms with Gasteiger partial charge in [-0.15, -0.1) is 0 Å². The maximum absolute atomic E-state index is 5.73. The van der Waals surface area contributed by atoms with Crippen LogP contribution in [-0.4, -0.2) is 19.8 Å². The van der Waals surface area contributed by atoms with Gasteiger partial charge in [0.2, 0.25) is 0 Å². The number of hydrogen-bond donors (Lipinski definition) is 1. The molecule has 2 rings (SSSR count). The van der Waals surface area contributed by atoms with Crippen molar-refractivity contribution in [2.75, 3.05) is 19.8 Å². The van der Waals surface area contributed by atoms with E-state index in [1.807, 2.05) is 30.3 Å². The van der Waals surface area contributed by atoms with E-state index < -0.39 is 0 Å². The van der Waals surface area contributed by atoms with Gasteiger partial charge in [-0.05, 0) is 56.1 Å². The summed E-state index contributed by atoms with van der Waals surface area (Å²) in [6.45, 7) is 5.87. The molecule has 3 nitrogen and oxygen atoms in total. The van der Waals surface area contributed by atoms with Crippen molar-refractivity contribution in [3.8, 4) is 11.5 Å². The Bertz CT molecular complexity index is 564. The average Bonchev–Trinajstić information content (AvgIpc) is 2.47. The number of hydrogen-bond acceptors (Lipinski definition) is 3. The predicted octanol–water partition coefficient (Wildman–Crippen LogP) is 3.26. The van der Waals surface area contributed by atoms with E-state index in [0.717, 1.165) is 23.5 Å². The Morgan fingerprint density at radius 3 is 2.29 bits per heavy atom. The van der Waals surface area contributed by atoms with Gasteiger partial charge in [-0.1, -0.05) is 29.8 Å². The normalized spacial score (nSPS) is 10.4. The second-order valence-electron chi connectivity index (χ2n) is 5.15. The molecule has 0 aliphatic rings. The molecule has 0 aliphatic heterocycles. The Hall–Kier alpha value is -2.00. The van der Waals surface area contributed by atoms with Crippen LogP contribution in [0.5, 0.6) is 11.5 Å². The van der Waals surface area contributed by atoms with E-state index in [2.05, 4.69) is 26.0 Å². The summed E-state index contributed by atoms with van der Waals surface area (Å²) in [6.07, 6.45) is 0.899. The monoisotopic (exact) mass is 285 g/mol. The summed E-state index contributed by atoms with van der Waals surface area (Å²) in [5, 5.41) is 0. The quantitative estimate of drug-likeness (QED) is 0.794. The molecule has 21 heavy (non-hydrogen) atoms. The number of aryl methyl sites for hydroxylation is 2. The van der Waals surface area contributed by atoms with Gasteiger partial charge in [0.05, 0.1) is 0 Å². The lowest BCUT2D eigenvalue weighted by Crippen LogP contribution is -2.09. The molecule has 3 heteroatoms. The maximum Gasteiger partial charge on any atom is 0.122 e. The molecule has 0 amide bonds. The Kier molecular flexibility index (Phi) is 5.64. The van der Waals surface area contributed by atoms with Crippen molar-refractivity contribution in [1.82, 2.24) is 0 Å². The summed E-state index contributed by atoms with van der Waals surface area (Å²) in [5.74, 6) is 1.78. The number of nitrogens with two attached hydrogens (primary N) is 1. The van der Waals surface area contributed by atoms with Gasteiger partial charge in [-0.3, -0.25) is 0 Å². The number of rotatable bonds is 7. The van der Waals surface area contributed by atoms with Crippen molar-refractivity contribution in [3.05, 3.63) is 59.2 Å². The van der Waals surface area contributed by atoms with Crippen LogP contribution in [0.1, 0.15) is 16.7 Å². The first-order valence-electron chi connectivity index (χ1n) is 7.31. The molecule has 112 valence electrons. The molecule has 0 spiro atoms. The molecule has 0 heterocycles. The van der Waals surface area contributed by atoms with Crippen LogP contribution >= 0.6 is 0 Å². The van der Waals surface area contributed by atoms with Crippen LogP contribution in [0.2, 0.25) is 0 Å². The van der Waals surface area contributed by atoms with Gasteiger partial charge < -0.3 is 15.2 Å². The van der Waals surface area contributed by atoms with Gasteiger partial charge >= 0.3 is 0 Å². The molecule has 2 aromatic carbocycles. The Labute approximate surface area is 126 Å². The smallest absolute Gasteiger partial charge is 0.122 e. The van der Waals surface area contributed by atoms with Crippen LogP contribution in [-0.2, 0) is 6.42 Å². The minimum absolute atomic E-state index is 0.531. The molecule has 0 bridgehead atoms. The summed E-state index contributed by atoms with van der Waals surface area (Å²) in [5.41, 5.74) is 9.16. The topological polar surface area (TPSA) is 44.5 Å². The highest BCUT2D eigenvalue weighted by Crippen LogP contribution is 2.18. The third kappa shape index (κ3) is 4.80. The van der Waals surface area contributed by atoms with E-state index in [1.165, 1.54) is 11.1 Å². The first-order chi connectivity index (χ1) is 10.2. The van der Waals surface area contributed by atoms with Crippen molar-refractivity contribution in [2.45, 2.75) is 20.3 Å². The van der Waals surface area contributed by atoms with E-state index >= 15 is 0 Å². The lowest BCUT2D eigenvalue weighted by molar-refractivity contribution is 0.216. The Morgan fingerprint density at radius 2 is 1.62 bits per heavy atom. The molecule has 0 fully saturated rings. The summed E-state index contributed by atoms with van der Waals surface area (Å²) in [7, 11) is 0. The zero-order valence-electron chi connectivity index (χ0n) is 12.8. The van der Waals surface area contributed by atoms with Gasteiger partial charge in [0, 0.05) is 0 Å². The fourth-order valence-electron chi connectivity index (χ4n) is 2.19. The third-order valence-corrected chi connectivity index (χ3v) is 3.30. The van der Waals surface area contributed by atoms with Crippen molar-refractivity contribution >= 4 is 0 Å². The summed E-state index contributed by atoms with van der Waals surface area (Å²) in [4.78, 5) is 0. The van der Waals surface area contributed by atoms with Crippen LogP contribution in [0, 0.1) is 13.8 Å². The van der Waals surface area contributed by atoms with Crippen LogP contribution in [0.4, 0.5) is 0 Å². The lowest BCUT2D eigenvalue weighted by Gasteiger charge is -2.11. The second kappa shape index (κ2) is 7.70. The minimum Gasteiger partial charge on any atom is -0.490 e. The fourth-order valence-corrected chi connectivity index (χ4v) is 2.19. The lowest BCUT2D eigenvalue weighted by atomic mass is 10.1. The van der Waals surface area contributed by atoms with E-state index in [9.17, 15) is 0 Å². The van der Waals surface area contributed by atoms with Gasteiger partial charge in [0.25, 0.3) is 0 Å². The molecule has 0 aromatic heterocycles. The largest absolute Gasteiger partial charge is 0.490 e. The zero-order valence-corrected chi connectivity index (χ0v) is 12.8. The van der Waals surface area contributed by atoms with Crippen LogP contribution in [0.3, 0.4) is 0 Å². The van der Waals surface area contributed by atoms with Crippen molar-refractivity contribution in [2.24, 2.45) is 5.73 Å². The standard InChI is InChI=1S/C18H23NO2/c1-14-3-8-18(15(2)13-14)21-12-11-20-17-6-4-16(5-7-17)9-10-19/h3-8,13H,9-12,19H2,1-2H3. The molecule has 2 N–H and O–H groups in total. The highest BCUT2D eigenvalue weighted by molar-refractivity contribution is 5.35. The molecule has 0 atom stereocenters. The first kappa shape index (κ1) is 15.4. The predicted molar refractivity (Wildman–Crippen MR) is 86.1 cm³/mol. The Morgan fingerprint density at radius 1 is 0.905 bits per heavy atom. The fraction of sp³-hybridized carbons (Fsp3) is 0.333. The van der Waals surface area contributed by atoms with Crippen molar-refractivity contribution in [3.63, 3.8) is 0 Å².